The van der Waals surface area contributed by atoms with Crippen molar-refractivity contribution in [3.05, 3.63) is 47.6 Å². The topological polar surface area (TPSA) is 77.7 Å². The summed E-state index contributed by atoms with van der Waals surface area (Å²) in [6, 6.07) is 7.63. The normalized spacial score (nSPS) is 25.3. The molecule has 1 amide bonds. The maximum Gasteiger partial charge on any atom is 0.292 e. The van der Waals surface area contributed by atoms with Crippen LogP contribution in [0.1, 0.15) is 34.8 Å². The number of pyridine rings is 1. The van der Waals surface area contributed by atoms with Crippen LogP contribution in [0, 0.1) is 12.8 Å². The number of aromatic nitrogens is 2. The Bertz CT molecular complexity index is 749. The van der Waals surface area contributed by atoms with Crippen molar-refractivity contribution in [3.8, 4) is 0 Å². The first-order valence-electron chi connectivity index (χ1n) is 9.04. The lowest BCUT2D eigenvalue weighted by molar-refractivity contribution is -0.0461. The van der Waals surface area contributed by atoms with Crippen LogP contribution in [-0.4, -0.2) is 52.9 Å². The molecule has 0 radical (unpaired) electrons. The zero-order chi connectivity index (χ0) is 17.9. The third-order valence-electron chi connectivity index (χ3n) is 5.09. The molecule has 7 nitrogen and oxygen atoms in total. The molecule has 3 heterocycles. The maximum atomic E-state index is 12.6. The second kappa shape index (κ2) is 7.55. The highest BCUT2D eigenvalue weighted by atomic mass is 16.5. The summed E-state index contributed by atoms with van der Waals surface area (Å²) in [4.78, 5) is 19.0. The second-order valence-electron chi connectivity index (χ2n) is 6.97. The minimum Gasteiger partial charge on any atom is -0.375 e. The van der Waals surface area contributed by atoms with E-state index in [0.717, 1.165) is 24.2 Å². The van der Waals surface area contributed by atoms with Crippen LogP contribution in [0.4, 0.5) is 0 Å². The molecular weight excluding hydrogens is 334 g/mol. The number of aryl methyl sites for hydroxylation is 1. The van der Waals surface area contributed by atoms with Gasteiger partial charge in [0.1, 0.15) is 0 Å². The molecule has 7 heteroatoms. The van der Waals surface area contributed by atoms with Crippen molar-refractivity contribution >= 4 is 5.91 Å². The van der Waals surface area contributed by atoms with Gasteiger partial charge in [0.05, 0.1) is 43.9 Å². The summed E-state index contributed by atoms with van der Waals surface area (Å²) in [6.07, 6.45) is 3.36. The van der Waals surface area contributed by atoms with Crippen LogP contribution in [0.3, 0.4) is 0 Å². The Morgan fingerprint density at radius 3 is 3.08 bits per heavy atom. The van der Waals surface area contributed by atoms with E-state index in [9.17, 15) is 4.79 Å². The zero-order valence-electron chi connectivity index (χ0n) is 14.8. The van der Waals surface area contributed by atoms with Gasteiger partial charge in [-0.05, 0) is 37.8 Å². The van der Waals surface area contributed by atoms with Gasteiger partial charge in [-0.15, -0.1) is 0 Å². The molecule has 138 valence electrons. The standard InChI is InChI=1S/C19H23N3O4/c1-13-3-2-4-15(21-13)12-24-11-14-9-16-18(10-14)25-8-7-22(16)19(23)17-5-6-20-26-17/h2-6,14,16,18H,7-12H2,1H3. The summed E-state index contributed by atoms with van der Waals surface area (Å²) in [5.74, 6) is 0.556. The van der Waals surface area contributed by atoms with Gasteiger partial charge in [0, 0.05) is 18.3 Å². The van der Waals surface area contributed by atoms with Crippen molar-refractivity contribution in [2.75, 3.05) is 19.8 Å². The predicted molar refractivity (Wildman–Crippen MR) is 92.4 cm³/mol. The van der Waals surface area contributed by atoms with Crippen LogP contribution >= 0.6 is 0 Å². The van der Waals surface area contributed by atoms with Gasteiger partial charge in [0.2, 0.25) is 5.76 Å². The number of rotatable bonds is 5. The third kappa shape index (κ3) is 3.64. The molecule has 2 aromatic heterocycles. The van der Waals surface area contributed by atoms with E-state index < -0.39 is 0 Å². The lowest BCUT2D eigenvalue weighted by atomic mass is 10.1. The maximum absolute atomic E-state index is 12.6. The van der Waals surface area contributed by atoms with Gasteiger partial charge in [-0.3, -0.25) is 9.78 Å². The number of carbonyl (C=O) groups excluding carboxylic acids is 1. The van der Waals surface area contributed by atoms with E-state index in [0.29, 0.717) is 32.3 Å². The van der Waals surface area contributed by atoms with Crippen LogP contribution in [0.15, 0.2) is 35.0 Å². The summed E-state index contributed by atoms with van der Waals surface area (Å²) in [7, 11) is 0. The molecule has 2 aliphatic rings. The molecule has 1 aliphatic heterocycles. The Morgan fingerprint density at radius 2 is 2.27 bits per heavy atom. The van der Waals surface area contributed by atoms with Gasteiger partial charge < -0.3 is 18.9 Å². The van der Waals surface area contributed by atoms with Crippen molar-refractivity contribution in [3.63, 3.8) is 0 Å². The highest BCUT2D eigenvalue weighted by Crippen LogP contribution is 2.35. The lowest BCUT2D eigenvalue weighted by Crippen LogP contribution is -2.51. The highest BCUT2D eigenvalue weighted by Gasteiger charge is 2.43. The van der Waals surface area contributed by atoms with Crippen molar-refractivity contribution in [1.82, 2.24) is 15.0 Å². The molecule has 0 spiro atoms. The van der Waals surface area contributed by atoms with Gasteiger partial charge in [-0.1, -0.05) is 11.2 Å². The van der Waals surface area contributed by atoms with Gasteiger partial charge in [0.25, 0.3) is 5.91 Å². The third-order valence-corrected chi connectivity index (χ3v) is 5.09. The molecule has 0 N–H and O–H groups in total. The largest absolute Gasteiger partial charge is 0.375 e. The summed E-state index contributed by atoms with van der Waals surface area (Å²) in [5.41, 5.74) is 1.94. The molecule has 2 fully saturated rings. The minimum atomic E-state index is -0.105. The highest BCUT2D eigenvalue weighted by molar-refractivity contribution is 5.91. The average Bonchev–Trinajstić information content (AvgIpc) is 3.30. The van der Waals surface area contributed by atoms with Crippen LogP contribution in [0.2, 0.25) is 0 Å². The molecule has 4 rings (SSSR count). The first kappa shape index (κ1) is 17.2. The molecule has 1 saturated heterocycles. The van der Waals surface area contributed by atoms with E-state index in [-0.39, 0.29) is 23.8 Å². The van der Waals surface area contributed by atoms with E-state index in [4.69, 9.17) is 14.0 Å². The van der Waals surface area contributed by atoms with Gasteiger partial charge in [-0.25, -0.2) is 0 Å². The molecule has 2 aromatic rings. The van der Waals surface area contributed by atoms with Crippen molar-refractivity contribution in [2.45, 2.75) is 38.5 Å². The number of amides is 1. The van der Waals surface area contributed by atoms with Gasteiger partial charge in [-0.2, -0.15) is 0 Å². The summed E-state index contributed by atoms with van der Waals surface area (Å²) in [6.45, 7) is 4.28. The lowest BCUT2D eigenvalue weighted by Gasteiger charge is -2.37. The zero-order valence-corrected chi connectivity index (χ0v) is 14.8. The number of nitrogens with zero attached hydrogens (tertiary/aromatic N) is 3. The van der Waals surface area contributed by atoms with E-state index in [2.05, 4.69) is 10.1 Å². The Morgan fingerprint density at radius 1 is 1.35 bits per heavy atom. The molecule has 1 saturated carbocycles. The number of ether oxygens (including phenoxy) is 2. The molecule has 3 unspecified atom stereocenters. The van der Waals surface area contributed by atoms with E-state index in [1.54, 1.807) is 6.07 Å². The first-order valence-corrected chi connectivity index (χ1v) is 9.04. The molecule has 3 atom stereocenters. The Balaban J connectivity index is 1.33. The van der Waals surface area contributed by atoms with E-state index in [1.165, 1.54) is 6.20 Å². The Kier molecular flexibility index (Phi) is 4.99. The SMILES string of the molecule is Cc1cccc(COCC2CC3OCCN(C(=O)c4ccno4)C3C2)n1. The quantitative estimate of drug-likeness (QED) is 0.816. The van der Waals surface area contributed by atoms with E-state index in [1.807, 2.05) is 30.0 Å². The number of fused-ring (bicyclic) bond motifs is 1. The van der Waals surface area contributed by atoms with Crippen LogP contribution in [-0.2, 0) is 16.1 Å². The van der Waals surface area contributed by atoms with Crippen molar-refractivity contribution in [1.29, 1.82) is 0 Å². The summed E-state index contributed by atoms with van der Waals surface area (Å²) in [5, 5.41) is 3.63. The Labute approximate surface area is 152 Å². The van der Waals surface area contributed by atoms with Crippen LogP contribution in [0.5, 0.6) is 0 Å². The number of hydrogen-bond donors (Lipinski definition) is 0. The monoisotopic (exact) mass is 357 g/mol. The predicted octanol–water partition coefficient (Wildman–Crippen LogP) is 2.21. The summed E-state index contributed by atoms with van der Waals surface area (Å²) >= 11 is 0. The average molecular weight is 357 g/mol. The van der Waals surface area contributed by atoms with Gasteiger partial charge >= 0.3 is 0 Å². The summed E-state index contributed by atoms with van der Waals surface area (Å²) < 4.78 is 16.8. The molecule has 26 heavy (non-hydrogen) atoms. The number of morpholine rings is 1. The fourth-order valence-electron chi connectivity index (χ4n) is 3.92. The van der Waals surface area contributed by atoms with Crippen LogP contribution < -0.4 is 0 Å². The number of hydrogen-bond acceptors (Lipinski definition) is 6. The fraction of sp³-hybridized carbons (Fsp3) is 0.526. The number of carbonyl (C=O) groups is 1. The van der Waals surface area contributed by atoms with E-state index >= 15 is 0 Å². The molecule has 0 aromatic carbocycles. The minimum absolute atomic E-state index is 0.0707. The molecule has 0 bridgehead atoms. The van der Waals surface area contributed by atoms with Crippen LogP contribution in [0.25, 0.3) is 0 Å². The first-order chi connectivity index (χ1) is 12.7. The second-order valence-corrected chi connectivity index (χ2v) is 6.97. The fourth-order valence-corrected chi connectivity index (χ4v) is 3.92. The van der Waals surface area contributed by atoms with Crippen molar-refractivity contribution in [2.24, 2.45) is 5.92 Å². The Hall–Kier alpha value is -2.25. The molecular formula is C19H23N3O4. The smallest absolute Gasteiger partial charge is 0.292 e. The van der Waals surface area contributed by atoms with Gasteiger partial charge in [0.15, 0.2) is 0 Å². The molecule has 1 aliphatic carbocycles. The van der Waals surface area contributed by atoms with Crippen molar-refractivity contribution < 1.29 is 18.8 Å².